The molecule has 0 atom stereocenters. The summed E-state index contributed by atoms with van der Waals surface area (Å²) >= 11 is 0. The topological polar surface area (TPSA) is 74.2 Å². The number of benzene rings is 2. The van der Waals surface area contributed by atoms with Gasteiger partial charge in [-0.1, -0.05) is 24.3 Å². The number of carbonyl (C=O) groups is 1. The van der Waals surface area contributed by atoms with Gasteiger partial charge in [0.1, 0.15) is 5.76 Å². The summed E-state index contributed by atoms with van der Waals surface area (Å²) in [6, 6.07) is 8.95. The van der Waals surface area contributed by atoms with Crippen LogP contribution >= 0.6 is 0 Å². The van der Waals surface area contributed by atoms with Gasteiger partial charge in [0.25, 0.3) is 0 Å². The summed E-state index contributed by atoms with van der Waals surface area (Å²) in [5.74, 6) is -0.375. The molecule has 0 aliphatic rings. The Bertz CT molecular complexity index is 1130. The number of ketones is 1. The standard InChI is InChI=1S/C23H24O6/c1-26-20-11-7-16(13-22(20)28-3)5-9-18(24)15-19(25)10-6-17-8-12-21(27-2)23(14-17)29-4/h5-15,24H,1-4H3/b9-5+,10-6+,18-15?/i1D3,2D3. The Morgan fingerprint density at radius 3 is 1.83 bits per heavy atom. The molecule has 2 aromatic carbocycles. The lowest BCUT2D eigenvalue weighted by Gasteiger charge is -2.07. The number of methoxy groups -OCH3 is 4. The van der Waals surface area contributed by atoms with Gasteiger partial charge in [0, 0.05) is 6.08 Å². The van der Waals surface area contributed by atoms with Gasteiger partial charge in [0.15, 0.2) is 28.8 Å². The molecule has 0 aliphatic carbocycles. The Labute approximate surface area is 178 Å². The molecule has 152 valence electrons. The van der Waals surface area contributed by atoms with E-state index in [2.05, 4.69) is 0 Å². The molecule has 0 amide bonds. The highest BCUT2D eigenvalue weighted by Gasteiger charge is 2.04. The van der Waals surface area contributed by atoms with Gasteiger partial charge in [0.05, 0.1) is 36.5 Å². The van der Waals surface area contributed by atoms with Crippen molar-refractivity contribution in [3.8, 4) is 23.0 Å². The molecule has 6 nitrogen and oxygen atoms in total. The number of rotatable bonds is 9. The third-order valence-corrected chi connectivity index (χ3v) is 3.77. The van der Waals surface area contributed by atoms with Crippen LogP contribution in [-0.4, -0.2) is 39.2 Å². The zero-order valence-electron chi connectivity index (χ0n) is 21.8. The fraction of sp³-hybridized carbons (Fsp3) is 0.174. The molecule has 0 heterocycles. The first-order valence-corrected chi connectivity index (χ1v) is 8.34. The first-order valence-electron chi connectivity index (χ1n) is 11.3. The van der Waals surface area contributed by atoms with Gasteiger partial charge in [-0.15, -0.1) is 0 Å². The summed E-state index contributed by atoms with van der Waals surface area (Å²) in [7, 11) is -2.54. The molecule has 0 spiro atoms. The van der Waals surface area contributed by atoms with E-state index >= 15 is 0 Å². The van der Waals surface area contributed by atoms with Gasteiger partial charge in [-0.25, -0.2) is 0 Å². The number of allylic oxidation sites excluding steroid dienone is 3. The van der Waals surface area contributed by atoms with Gasteiger partial charge in [-0.05, 0) is 47.5 Å². The summed E-state index contributed by atoms with van der Waals surface area (Å²) < 4.78 is 63.0. The average Bonchev–Trinajstić information content (AvgIpc) is 2.75. The lowest BCUT2D eigenvalue weighted by molar-refractivity contribution is -0.110. The van der Waals surface area contributed by atoms with Crippen LogP contribution in [-0.2, 0) is 4.79 Å². The lowest BCUT2D eigenvalue weighted by atomic mass is 10.1. The van der Waals surface area contributed by atoms with Gasteiger partial charge in [-0.2, -0.15) is 0 Å². The van der Waals surface area contributed by atoms with Crippen LogP contribution in [0.25, 0.3) is 12.2 Å². The van der Waals surface area contributed by atoms with Crippen LogP contribution in [0, 0.1) is 0 Å². The van der Waals surface area contributed by atoms with Crippen molar-refractivity contribution in [3.05, 3.63) is 71.5 Å². The van der Waals surface area contributed by atoms with E-state index in [1.165, 1.54) is 62.8 Å². The Hall–Kier alpha value is -3.67. The molecule has 0 aliphatic heterocycles. The quantitative estimate of drug-likeness (QED) is 0.379. The van der Waals surface area contributed by atoms with E-state index < -0.39 is 19.9 Å². The van der Waals surface area contributed by atoms with E-state index in [0.717, 1.165) is 6.08 Å². The molecular formula is C23H24O6. The molecule has 0 saturated carbocycles. The van der Waals surface area contributed by atoms with Crippen molar-refractivity contribution in [2.45, 2.75) is 0 Å². The predicted molar refractivity (Wildman–Crippen MR) is 113 cm³/mol. The zero-order chi connectivity index (χ0) is 26.2. The number of aliphatic hydroxyl groups is 1. The Kier molecular flexibility index (Phi) is 5.25. The first-order chi connectivity index (χ1) is 16.3. The van der Waals surface area contributed by atoms with Crippen LogP contribution < -0.4 is 18.9 Å². The SMILES string of the molecule is [2H]C([2H])([2H])Oc1ccc(/C=C/C(=O)C=C(O)/C=C/c2ccc(OC([2H])([2H])[2H])c(OC)c2)cc1OC. The van der Waals surface area contributed by atoms with E-state index in [9.17, 15) is 9.90 Å². The second-order valence-corrected chi connectivity index (χ2v) is 5.66. The van der Waals surface area contributed by atoms with Crippen LogP contribution in [0.1, 0.15) is 19.4 Å². The molecule has 0 aromatic heterocycles. The maximum Gasteiger partial charge on any atom is 0.182 e. The Morgan fingerprint density at radius 1 is 0.828 bits per heavy atom. The second-order valence-electron chi connectivity index (χ2n) is 5.66. The molecule has 0 fully saturated rings. The van der Waals surface area contributed by atoms with Crippen molar-refractivity contribution < 1.29 is 37.1 Å². The molecule has 6 heteroatoms. The average molecular weight is 402 g/mol. The molecule has 2 rings (SSSR count). The summed E-state index contributed by atoms with van der Waals surface area (Å²) in [4.78, 5) is 12.1. The monoisotopic (exact) mass is 402 g/mol. The summed E-state index contributed by atoms with van der Waals surface area (Å²) in [6.45, 7) is 0. The van der Waals surface area contributed by atoms with Gasteiger partial charge < -0.3 is 24.1 Å². The normalized spacial score (nSPS) is 15.6. The molecular weight excluding hydrogens is 372 g/mol. The van der Waals surface area contributed by atoms with Crippen LogP contribution in [0.3, 0.4) is 0 Å². The Balaban J connectivity index is 2.09. The summed E-state index contributed by atoms with van der Waals surface area (Å²) in [5, 5.41) is 10.0. The molecule has 29 heavy (non-hydrogen) atoms. The van der Waals surface area contributed by atoms with Crippen molar-refractivity contribution in [2.24, 2.45) is 0 Å². The molecule has 0 radical (unpaired) electrons. The fourth-order valence-corrected chi connectivity index (χ4v) is 2.35. The number of ether oxygens (including phenoxy) is 4. The first kappa shape index (κ1) is 14.3. The van der Waals surface area contributed by atoms with E-state index in [4.69, 9.17) is 27.2 Å². The van der Waals surface area contributed by atoms with E-state index in [-0.39, 0.29) is 28.8 Å². The third kappa shape index (κ3) is 6.17. The van der Waals surface area contributed by atoms with Crippen LogP contribution in [0.5, 0.6) is 23.0 Å². The van der Waals surface area contributed by atoms with E-state index in [1.807, 2.05) is 0 Å². The number of aliphatic hydroxyl groups excluding tert-OH is 1. The molecule has 1 N–H and O–H groups in total. The number of hydrogen-bond donors (Lipinski definition) is 1. The largest absolute Gasteiger partial charge is 0.508 e. The molecule has 0 unspecified atom stereocenters. The van der Waals surface area contributed by atoms with E-state index in [0.29, 0.717) is 11.1 Å². The van der Waals surface area contributed by atoms with Crippen molar-refractivity contribution >= 4 is 17.9 Å². The minimum Gasteiger partial charge on any atom is -0.508 e. The highest BCUT2D eigenvalue weighted by Crippen LogP contribution is 2.29. The highest BCUT2D eigenvalue weighted by atomic mass is 16.5. The maximum absolute atomic E-state index is 12.1. The second kappa shape index (κ2) is 10.6. The van der Waals surface area contributed by atoms with Gasteiger partial charge >= 0.3 is 0 Å². The molecule has 0 bridgehead atoms. The summed E-state index contributed by atoms with van der Waals surface area (Å²) in [6.07, 6.45) is 6.46. The zero-order valence-corrected chi connectivity index (χ0v) is 15.8. The number of carbonyl (C=O) groups excluding carboxylic acids is 1. The Morgan fingerprint density at radius 2 is 1.34 bits per heavy atom. The summed E-state index contributed by atoms with van der Waals surface area (Å²) in [5.41, 5.74) is 1.11. The molecule has 0 saturated heterocycles. The van der Waals surface area contributed by atoms with Crippen LogP contribution in [0.15, 0.2) is 60.4 Å². The van der Waals surface area contributed by atoms with E-state index in [1.54, 1.807) is 12.1 Å². The van der Waals surface area contributed by atoms with Crippen molar-refractivity contribution in [3.63, 3.8) is 0 Å². The van der Waals surface area contributed by atoms with Crippen LogP contribution in [0.2, 0.25) is 0 Å². The van der Waals surface area contributed by atoms with Gasteiger partial charge in [-0.3, -0.25) is 4.79 Å². The third-order valence-electron chi connectivity index (χ3n) is 3.77. The smallest absolute Gasteiger partial charge is 0.182 e. The fourth-order valence-electron chi connectivity index (χ4n) is 2.35. The van der Waals surface area contributed by atoms with Crippen molar-refractivity contribution in [1.29, 1.82) is 0 Å². The van der Waals surface area contributed by atoms with Gasteiger partial charge in [0.2, 0.25) is 0 Å². The maximum atomic E-state index is 12.1. The predicted octanol–water partition coefficient (Wildman–Crippen LogP) is 4.46. The van der Waals surface area contributed by atoms with Crippen LogP contribution in [0.4, 0.5) is 0 Å². The van der Waals surface area contributed by atoms with Crippen molar-refractivity contribution in [2.75, 3.05) is 28.3 Å². The highest BCUT2D eigenvalue weighted by molar-refractivity contribution is 6.02. The lowest BCUT2D eigenvalue weighted by Crippen LogP contribution is -1.91. The molecule has 2 aromatic rings. The minimum atomic E-state index is -2.63. The minimum absolute atomic E-state index is 0.0354. The number of hydrogen-bond acceptors (Lipinski definition) is 6. The van der Waals surface area contributed by atoms with Crippen molar-refractivity contribution in [1.82, 2.24) is 0 Å².